The van der Waals surface area contributed by atoms with Crippen LogP contribution in [0.3, 0.4) is 0 Å². The standard InChI is InChI=1S/C28H37F2N7O3/c1-4-37(18(2)3)26(38)21-13-20(30)5-6-22(21)40-25-24(32-17-33-34-25)36-15-28(16-36)8-11-35(12-9-28)27(39)23-19(14-29)7-10-31-23/h5-6,13,17-19,23,31H,4,7-12,14-16H2,1-3H3/t19-,23+/m1/s1. The maximum absolute atomic E-state index is 14.2. The molecule has 1 aromatic carbocycles. The highest BCUT2D eigenvalue weighted by atomic mass is 19.1. The molecule has 1 N–H and O–H groups in total. The predicted octanol–water partition coefficient (Wildman–Crippen LogP) is 3.05. The van der Waals surface area contributed by atoms with Crippen molar-refractivity contribution in [2.75, 3.05) is 50.8 Å². The predicted molar refractivity (Wildman–Crippen MR) is 144 cm³/mol. The summed E-state index contributed by atoms with van der Waals surface area (Å²) < 4.78 is 33.6. The van der Waals surface area contributed by atoms with Crippen LogP contribution in [-0.2, 0) is 4.79 Å². The molecule has 3 aliphatic heterocycles. The number of nitrogens with one attached hydrogen (secondary N) is 1. The van der Waals surface area contributed by atoms with Gasteiger partial charge >= 0.3 is 0 Å². The van der Waals surface area contributed by atoms with Gasteiger partial charge in [0.1, 0.15) is 17.9 Å². The second-order valence-electron chi connectivity index (χ2n) is 11.3. The van der Waals surface area contributed by atoms with Gasteiger partial charge in [-0.15, -0.1) is 10.2 Å². The molecule has 2 atom stereocenters. The van der Waals surface area contributed by atoms with Gasteiger partial charge in [-0.2, -0.15) is 0 Å². The molecule has 2 amide bonds. The van der Waals surface area contributed by atoms with E-state index in [0.29, 0.717) is 51.5 Å². The highest BCUT2D eigenvalue weighted by Gasteiger charge is 2.48. The molecule has 0 radical (unpaired) electrons. The average Bonchev–Trinajstić information content (AvgIpc) is 3.42. The minimum Gasteiger partial charge on any atom is -0.434 e. The van der Waals surface area contributed by atoms with E-state index in [4.69, 9.17) is 4.74 Å². The molecule has 10 nitrogen and oxygen atoms in total. The number of carbonyl (C=O) groups is 2. The van der Waals surface area contributed by atoms with E-state index in [2.05, 4.69) is 25.4 Å². The summed E-state index contributed by atoms with van der Waals surface area (Å²) >= 11 is 0. The summed E-state index contributed by atoms with van der Waals surface area (Å²) in [6.07, 6.45) is 3.73. The molecule has 0 unspecified atom stereocenters. The second kappa shape index (κ2) is 11.6. The van der Waals surface area contributed by atoms with E-state index in [1.807, 2.05) is 25.7 Å². The van der Waals surface area contributed by atoms with E-state index in [1.54, 1.807) is 4.90 Å². The lowest BCUT2D eigenvalue weighted by Gasteiger charge is -2.54. The third-order valence-electron chi connectivity index (χ3n) is 8.48. The molecular formula is C28H37F2N7O3. The Bertz CT molecular complexity index is 1230. The maximum atomic E-state index is 14.2. The second-order valence-corrected chi connectivity index (χ2v) is 11.3. The molecule has 5 rings (SSSR count). The number of ether oxygens (including phenoxy) is 1. The van der Waals surface area contributed by atoms with Crippen LogP contribution in [-0.4, -0.2) is 94.8 Å². The molecule has 0 saturated carbocycles. The van der Waals surface area contributed by atoms with Gasteiger partial charge in [0.15, 0.2) is 5.82 Å². The van der Waals surface area contributed by atoms with Gasteiger partial charge in [-0.05, 0) is 64.8 Å². The van der Waals surface area contributed by atoms with Crippen molar-refractivity contribution in [1.82, 2.24) is 30.3 Å². The summed E-state index contributed by atoms with van der Waals surface area (Å²) in [4.78, 5) is 36.2. The normalized spacial score (nSPS) is 21.9. The SMILES string of the molecule is CCN(C(=O)c1cc(F)ccc1Oc1nncnc1N1CC2(CCN(C(=O)[C@H]3NCC[C@@H]3CF)CC2)C1)C(C)C. The van der Waals surface area contributed by atoms with Crippen LogP contribution in [0.1, 0.15) is 50.4 Å². The molecule has 3 fully saturated rings. The Morgan fingerprint density at radius 1 is 1.25 bits per heavy atom. The number of rotatable bonds is 8. The number of alkyl halides is 1. The third kappa shape index (κ3) is 5.45. The van der Waals surface area contributed by atoms with Crippen molar-refractivity contribution in [1.29, 1.82) is 0 Å². The molecule has 216 valence electrons. The zero-order valence-electron chi connectivity index (χ0n) is 23.3. The fraction of sp³-hybridized carbons (Fsp3) is 0.607. The summed E-state index contributed by atoms with van der Waals surface area (Å²) in [5.74, 6) is -0.277. The number of piperidine rings is 1. The lowest BCUT2D eigenvalue weighted by molar-refractivity contribution is -0.136. The molecule has 0 bridgehead atoms. The first-order valence-electron chi connectivity index (χ1n) is 14.0. The molecule has 12 heteroatoms. The lowest BCUT2D eigenvalue weighted by Crippen LogP contribution is -2.62. The van der Waals surface area contributed by atoms with Crippen molar-refractivity contribution in [3.63, 3.8) is 0 Å². The Hall–Kier alpha value is -3.41. The van der Waals surface area contributed by atoms with Gasteiger partial charge in [0.2, 0.25) is 5.91 Å². The molecule has 3 aliphatic rings. The third-order valence-corrected chi connectivity index (χ3v) is 8.48. The van der Waals surface area contributed by atoms with Crippen LogP contribution in [0.4, 0.5) is 14.6 Å². The zero-order valence-corrected chi connectivity index (χ0v) is 23.3. The van der Waals surface area contributed by atoms with Crippen molar-refractivity contribution in [3.8, 4) is 11.6 Å². The summed E-state index contributed by atoms with van der Waals surface area (Å²) in [5.41, 5.74) is 0.147. The Balaban J connectivity index is 1.26. The lowest BCUT2D eigenvalue weighted by atomic mass is 9.72. The maximum Gasteiger partial charge on any atom is 0.282 e. The molecule has 2 aromatic rings. The van der Waals surface area contributed by atoms with Crippen molar-refractivity contribution < 1.29 is 23.1 Å². The van der Waals surface area contributed by atoms with Crippen molar-refractivity contribution in [2.45, 2.75) is 52.1 Å². The van der Waals surface area contributed by atoms with Crippen molar-refractivity contribution >= 4 is 17.6 Å². The smallest absolute Gasteiger partial charge is 0.282 e. The van der Waals surface area contributed by atoms with Crippen LogP contribution in [0, 0.1) is 17.2 Å². The molecule has 4 heterocycles. The Kier molecular flexibility index (Phi) is 8.16. The van der Waals surface area contributed by atoms with E-state index >= 15 is 0 Å². The topological polar surface area (TPSA) is 104 Å². The number of benzene rings is 1. The minimum absolute atomic E-state index is 0.00520. The monoisotopic (exact) mass is 557 g/mol. The molecule has 0 aliphatic carbocycles. The first-order chi connectivity index (χ1) is 19.2. The van der Waals surface area contributed by atoms with Gasteiger partial charge in [0.05, 0.1) is 18.3 Å². The molecule has 1 aromatic heterocycles. The number of halogens is 2. The quantitative estimate of drug-likeness (QED) is 0.528. The summed E-state index contributed by atoms with van der Waals surface area (Å²) in [6.45, 7) is 9.05. The first-order valence-corrected chi connectivity index (χ1v) is 14.0. The van der Waals surface area contributed by atoms with Crippen LogP contribution in [0.15, 0.2) is 24.5 Å². The highest BCUT2D eigenvalue weighted by Crippen LogP contribution is 2.44. The number of hydrogen-bond donors (Lipinski definition) is 1. The Morgan fingerprint density at radius 2 is 2.00 bits per heavy atom. The molecule has 3 saturated heterocycles. The number of carbonyl (C=O) groups excluding carboxylic acids is 2. The molecule has 1 spiro atoms. The molecule has 40 heavy (non-hydrogen) atoms. The van der Waals surface area contributed by atoms with Gasteiger partial charge in [-0.25, -0.2) is 9.37 Å². The average molecular weight is 558 g/mol. The minimum atomic E-state index is -0.536. The van der Waals surface area contributed by atoms with Crippen LogP contribution in [0.25, 0.3) is 0 Å². The van der Waals surface area contributed by atoms with E-state index in [9.17, 15) is 18.4 Å². The largest absolute Gasteiger partial charge is 0.434 e. The highest BCUT2D eigenvalue weighted by molar-refractivity contribution is 5.97. The number of aromatic nitrogens is 3. The fourth-order valence-electron chi connectivity index (χ4n) is 6.14. The van der Waals surface area contributed by atoms with Crippen molar-refractivity contribution in [2.24, 2.45) is 11.3 Å². The van der Waals surface area contributed by atoms with E-state index in [-0.39, 0.29) is 46.4 Å². The Labute approximate surface area is 233 Å². The number of likely N-dealkylation sites (tertiary alicyclic amines) is 1. The van der Waals surface area contributed by atoms with Gasteiger partial charge in [-0.3, -0.25) is 14.0 Å². The molecular weight excluding hydrogens is 520 g/mol. The van der Waals surface area contributed by atoms with Crippen LogP contribution in [0.2, 0.25) is 0 Å². The first kappa shape index (κ1) is 28.1. The number of nitrogens with zero attached hydrogens (tertiary/aromatic N) is 6. The van der Waals surface area contributed by atoms with E-state index in [0.717, 1.165) is 12.8 Å². The van der Waals surface area contributed by atoms with Crippen molar-refractivity contribution in [3.05, 3.63) is 35.9 Å². The Morgan fingerprint density at radius 3 is 2.67 bits per heavy atom. The zero-order chi connectivity index (χ0) is 28.4. The van der Waals surface area contributed by atoms with Crippen LogP contribution < -0.4 is 15.0 Å². The number of anilines is 1. The summed E-state index contributed by atoms with van der Waals surface area (Å²) in [5, 5.41) is 11.2. The van der Waals surface area contributed by atoms with Gasteiger partial charge in [0, 0.05) is 50.1 Å². The number of amides is 2. The van der Waals surface area contributed by atoms with Gasteiger partial charge < -0.3 is 24.8 Å². The van der Waals surface area contributed by atoms with Crippen LogP contribution in [0.5, 0.6) is 11.6 Å². The summed E-state index contributed by atoms with van der Waals surface area (Å²) in [6, 6.07) is 3.35. The van der Waals surface area contributed by atoms with Crippen LogP contribution >= 0.6 is 0 Å². The van der Waals surface area contributed by atoms with E-state index in [1.165, 1.54) is 24.5 Å². The fourth-order valence-corrected chi connectivity index (χ4v) is 6.14. The number of hydrogen-bond acceptors (Lipinski definition) is 8. The van der Waals surface area contributed by atoms with E-state index < -0.39 is 18.5 Å². The van der Waals surface area contributed by atoms with Gasteiger partial charge in [0.25, 0.3) is 11.8 Å². The summed E-state index contributed by atoms with van der Waals surface area (Å²) in [7, 11) is 0. The van der Waals surface area contributed by atoms with Gasteiger partial charge in [-0.1, -0.05) is 0 Å².